The van der Waals surface area contributed by atoms with Crippen molar-refractivity contribution in [1.29, 1.82) is 0 Å². The molecule has 0 aliphatic heterocycles. The van der Waals surface area contributed by atoms with E-state index < -0.39 is 0 Å². The van der Waals surface area contributed by atoms with Crippen LogP contribution in [0.5, 0.6) is 0 Å². The molecule has 0 spiro atoms. The van der Waals surface area contributed by atoms with Gasteiger partial charge in [0.25, 0.3) is 0 Å². The zero-order chi connectivity index (χ0) is 15.4. The van der Waals surface area contributed by atoms with Crippen molar-refractivity contribution in [2.75, 3.05) is 23.3 Å². The molecule has 1 N–H and O–H groups in total. The van der Waals surface area contributed by atoms with Crippen molar-refractivity contribution >= 4 is 45.9 Å². The van der Waals surface area contributed by atoms with Crippen LogP contribution in [0.2, 0.25) is 8.67 Å². The monoisotopic (exact) mass is 342 g/mol. The Kier molecular flexibility index (Phi) is 5.80. The lowest BCUT2D eigenvalue weighted by Crippen LogP contribution is -2.21. The fourth-order valence-corrected chi connectivity index (χ4v) is 3.98. The fraction of sp³-hybridized carbons (Fsp3) is 0.375. The van der Waals surface area contributed by atoms with Crippen LogP contribution in [0, 0.1) is 0 Å². The Hall–Kier alpha value is -0.900. The van der Waals surface area contributed by atoms with Gasteiger partial charge in [0.2, 0.25) is 0 Å². The highest BCUT2D eigenvalue weighted by Gasteiger charge is 2.13. The van der Waals surface area contributed by atoms with Gasteiger partial charge in [-0.3, -0.25) is 0 Å². The first-order valence-corrected chi connectivity index (χ1v) is 8.68. The van der Waals surface area contributed by atoms with E-state index in [4.69, 9.17) is 23.2 Å². The number of rotatable bonds is 6. The summed E-state index contributed by atoms with van der Waals surface area (Å²) in [5.74, 6) is 0. The van der Waals surface area contributed by atoms with Gasteiger partial charge in [-0.1, -0.05) is 23.2 Å². The second-order valence-corrected chi connectivity index (χ2v) is 7.15. The van der Waals surface area contributed by atoms with Gasteiger partial charge in [0.05, 0.1) is 14.7 Å². The Balaban J connectivity index is 2.08. The maximum atomic E-state index is 6.20. The molecule has 0 saturated heterocycles. The minimum atomic E-state index is 0.126. The molecular weight excluding hydrogens is 323 g/mol. The van der Waals surface area contributed by atoms with Crippen LogP contribution in [-0.2, 0) is 0 Å². The van der Waals surface area contributed by atoms with E-state index in [-0.39, 0.29) is 6.04 Å². The highest BCUT2D eigenvalue weighted by molar-refractivity contribution is 7.20. The third-order valence-electron chi connectivity index (χ3n) is 3.53. The van der Waals surface area contributed by atoms with Crippen LogP contribution in [0.1, 0.15) is 32.4 Å². The second-order valence-electron chi connectivity index (χ2n) is 4.86. The molecule has 0 saturated carbocycles. The van der Waals surface area contributed by atoms with Crippen molar-refractivity contribution in [2.24, 2.45) is 0 Å². The standard InChI is InChI=1S/C16H20Cl2N2S/c1-4-20(5-2)13-8-6-12(7-9-13)19-11(3)14-10-15(17)21-16(14)18/h6-11,19H,4-5H2,1-3H3. The van der Waals surface area contributed by atoms with Crippen molar-refractivity contribution in [3.8, 4) is 0 Å². The summed E-state index contributed by atoms with van der Waals surface area (Å²) in [6, 6.07) is 10.5. The highest BCUT2D eigenvalue weighted by atomic mass is 35.5. The molecule has 0 amide bonds. The molecule has 1 aromatic carbocycles. The number of nitrogens with zero attached hydrogens (tertiary/aromatic N) is 1. The second kappa shape index (κ2) is 7.39. The third-order valence-corrected chi connectivity index (χ3v) is 5.05. The summed E-state index contributed by atoms with van der Waals surface area (Å²) in [5.41, 5.74) is 3.37. The molecule has 1 aromatic heterocycles. The van der Waals surface area contributed by atoms with E-state index in [1.165, 1.54) is 17.0 Å². The number of hydrogen-bond acceptors (Lipinski definition) is 3. The Morgan fingerprint density at radius 2 is 1.76 bits per heavy atom. The van der Waals surface area contributed by atoms with Gasteiger partial charge in [0, 0.05) is 30.0 Å². The zero-order valence-corrected chi connectivity index (χ0v) is 14.8. The van der Waals surface area contributed by atoms with Crippen LogP contribution < -0.4 is 10.2 Å². The summed E-state index contributed by atoms with van der Waals surface area (Å²) in [5, 5.41) is 3.46. The minimum Gasteiger partial charge on any atom is -0.378 e. The lowest BCUT2D eigenvalue weighted by atomic mass is 10.1. The molecule has 2 rings (SSSR count). The molecule has 0 aliphatic carbocycles. The quantitative estimate of drug-likeness (QED) is 0.684. The fourth-order valence-electron chi connectivity index (χ4n) is 2.33. The summed E-state index contributed by atoms with van der Waals surface area (Å²) in [6.07, 6.45) is 0. The topological polar surface area (TPSA) is 15.3 Å². The molecule has 114 valence electrons. The number of anilines is 2. The molecule has 5 heteroatoms. The van der Waals surface area contributed by atoms with E-state index in [0.717, 1.165) is 33.0 Å². The van der Waals surface area contributed by atoms with Crippen molar-refractivity contribution in [3.63, 3.8) is 0 Å². The molecular formula is C16H20Cl2N2S. The first-order valence-electron chi connectivity index (χ1n) is 7.11. The van der Waals surface area contributed by atoms with Gasteiger partial charge < -0.3 is 10.2 Å². The number of nitrogens with one attached hydrogen (secondary N) is 1. The van der Waals surface area contributed by atoms with Crippen molar-refractivity contribution < 1.29 is 0 Å². The van der Waals surface area contributed by atoms with Gasteiger partial charge in [0.15, 0.2) is 0 Å². The highest BCUT2D eigenvalue weighted by Crippen LogP contribution is 2.36. The van der Waals surface area contributed by atoms with E-state index in [9.17, 15) is 0 Å². The Bertz CT molecular complexity index is 576. The molecule has 1 atom stereocenters. The molecule has 2 nitrogen and oxygen atoms in total. The number of hydrogen-bond donors (Lipinski definition) is 1. The Labute approximate surface area is 140 Å². The Morgan fingerprint density at radius 1 is 1.14 bits per heavy atom. The molecule has 2 aromatic rings. The lowest BCUT2D eigenvalue weighted by molar-refractivity contribution is 0.865. The average molecular weight is 343 g/mol. The van der Waals surface area contributed by atoms with Gasteiger partial charge in [-0.2, -0.15) is 0 Å². The number of halogens is 2. The molecule has 0 radical (unpaired) electrons. The van der Waals surface area contributed by atoms with Crippen molar-refractivity contribution in [3.05, 3.63) is 44.6 Å². The smallest absolute Gasteiger partial charge is 0.0996 e. The largest absolute Gasteiger partial charge is 0.378 e. The van der Waals surface area contributed by atoms with Gasteiger partial charge in [-0.15, -0.1) is 11.3 Å². The van der Waals surface area contributed by atoms with Crippen molar-refractivity contribution in [2.45, 2.75) is 26.8 Å². The molecule has 0 fully saturated rings. The summed E-state index contributed by atoms with van der Waals surface area (Å²) in [4.78, 5) is 2.32. The van der Waals surface area contributed by atoms with Crippen LogP contribution >= 0.6 is 34.5 Å². The maximum Gasteiger partial charge on any atom is 0.0996 e. The van der Waals surface area contributed by atoms with Crippen LogP contribution in [-0.4, -0.2) is 13.1 Å². The summed E-state index contributed by atoms with van der Waals surface area (Å²) in [7, 11) is 0. The Morgan fingerprint density at radius 3 is 2.24 bits per heavy atom. The summed E-state index contributed by atoms with van der Waals surface area (Å²) >= 11 is 13.6. The van der Waals surface area contributed by atoms with Crippen LogP contribution in [0.3, 0.4) is 0 Å². The first kappa shape index (κ1) is 16.5. The van der Waals surface area contributed by atoms with E-state index >= 15 is 0 Å². The molecule has 1 heterocycles. The first-order chi connectivity index (χ1) is 10.0. The minimum absolute atomic E-state index is 0.126. The predicted octanol–water partition coefficient (Wildman–Crippen LogP) is 6.07. The maximum absolute atomic E-state index is 6.20. The predicted molar refractivity (Wildman–Crippen MR) is 96.4 cm³/mol. The van der Waals surface area contributed by atoms with Crippen molar-refractivity contribution in [1.82, 2.24) is 0 Å². The average Bonchev–Trinajstić information content (AvgIpc) is 2.81. The van der Waals surface area contributed by atoms with E-state index in [0.29, 0.717) is 0 Å². The summed E-state index contributed by atoms with van der Waals surface area (Å²) in [6.45, 7) is 8.45. The zero-order valence-electron chi connectivity index (χ0n) is 12.5. The lowest BCUT2D eigenvalue weighted by Gasteiger charge is -2.22. The van der Waals surface area contributed by atoms with Gasteiger partial charge in [-0.25, -0.2) is 0 Å². The van der Waals surface area contributed by atoms with E-state index in [2.05, 4.69) is 55.3 Å². The van der Waals surface area contributed by atoms with Crippen LogP contribution in [0.15, 0.2) is 30.3 Å². The van der Waals surface area contributed by atoms with E-state index in [1.54, 1.807) is 0 Å². The number of thiophene rings is 1. The molecule has 1 unspecified atom stereocenters. The van der Waals surface area contributed by atoms with Crippen LogP contribution in [0.4, 0.5) is 11.4 Å². The SMILES string of the molecule is CCN(CC)c1ccc(NC(C)c2cc(Cl)sc2Cl)cc1. The molecule has 21 heavy (non-hydrogen) atoms. The molecule has 0 aliphatic rings. The van der Waals surface area contributed by atoms with E-state index in [1.807, 2.05) is 6.07 Å². The van der Waals surface area contributed by atoms with Gasteiger partial charge in [0.1, 0.15) is 0 Å². The van der Waals surface area contributed by atoms with Crippen LogP contribution in [0.25, 0.3) is 0 Å². The normalized spacial score (nSPS) is 12.2. The summed E-state index contributed by atoms with van der Waals surface area (Å²) < 4.78 is 1.47. The third kappa shape index (κ3) is 4.06. The van der Waals surface area contributed by atoms with Gasteiger partial charge in [-0.05, 0) is 51.1 Å². The van der Waals surface area contributed by atoms with Gasteiger partial charge >= 0.3 is 0 Å². The number of benzene rings is 1. The molecule has 0 bridgehead atoms.